The minimum Gasteiger partial charge on any atom is -0.348 e. The maximum absolute atomic E-state index is 14.0. The van der Waals surface area contributed by atoms with Gasteiger partial charge in [-0.2, -0.15) is 0 Å². The van der Waals surface area contributed by atoms with Gasteiger partial charge in [-0.1, -0.05) is 102 Å². The van der Waals surface area contributed by atoms with Crippen LogP contribution in [-0.2, 0) is 6.54 Å². The predicted molar refractivity (Wildman–Crippen MR) is 136 cm³/mol. The molecule has 0 atom stereocenters. The number of nitrogens with one attached hydrogen (secondary N) is 1. The van der Waals surface area contributed by atoms with Crippen LogP contribution in [0.4, 0.5) is 0 Å². The summed E-state index contributed by atoms with van der Waals surface area (Å²) < 4.78 is 0. The van der Waals surface area contributed by atoms with Crippen LogP contribution in [0.15, 0.2) is 66.7 Å². The highest BCUT2D eigenvalue weighted by Crippen LogP contribution is 2.34. The van der Waals surface area contributed by atoms with Crippen molar-refractivity contribution in [1.82, 2.24) is 5.32 Å². The largest absolute Gasteiger partial charge is 0.348 e. The van der Waals surface area contributed by atoms with Crippen LogP contribution in [0.5, 0.6) is 0 Å². The molecule has 0 aliphatic rings. The van der Waals surface area contributed by atoms with Crippen molar-refractivity contribution in [2.75, 3.05) is 0 Å². The van der Waals surface area contributed by atoms with E-state index >= 15 is 0 Å². The van der Waals surface area contributed by atoms with Crippen LogP contribution < -0.4 is 5.32 Å². The van der Waals surface area contributed by atoms with Crippen molar-refractivity contribution in [3.8, 4) is 0 Å². The predicted octanol–water partition coefficient (Wildman–Crippen LogP) is 7.22. The van der Waals surface area contributed by atoms with Gasteiger partial charge in [0.05, 0.1) is 5.56 Å². The average Bonchev–Trinajstić information content (AvgIpc) is 2.81. The topological polar surface area (TPSA) is 46.2 Å². The molecule has 0 radical (unpaired) electrons. The zero-order valence-corrected chi connectivity index (χ0v) is 20.6. The lowest BCUT2D eigenvalue weighted by molar-refractivity contribution is 0.0939. The molecule has 3 nitrogen and oxygen atoms in total. The Morgan fingerprint density at radius 1 is 0.697 bits per heavy atom. The molecular formula is C30H35NO2. The Labute approximate surface area is 198 Å². The Morgan fingerprint density at radius 3 is 1.73 bits per heavy atom. The van der Waals surface area contributed by atoms with E-state index in [1.807, 2.05) is 42.5 Å². The van der Waals surface area contributed by atoms with E-state index in [0.717, 1.165) is 22.3 Å². The normalized spacial score (nSPS) is 11.3. The van der Waals surface area contributed by atoms with Crippen LogP contribution in [0, 0.1) is 0 Å². The summed E-state index contributed by atoms with van der Waals surface area (Å²) in [5.41, 5.74) is 5.97. The Kier molecular flexibility index (Phi) is 7.86. The van der Waals surface area contributed by atoms with Crippen LogP contribution in [0.2, 0.25) is 0 Å². The maximum Gasteiger partial charge on any atom is 0.252 e. The molecule has 0 saturated carbocycles. The highest BCUT2D eigenvalue weighted by Gasteiger charge is 2.26. The zero-order valence-electron chi connectivity index (χ0n) is 20.6. The Hall–Kier alpha value is -3.20. The minimum absolute atomic E-state index is 0.0804. The van der Waals surface area contributed by atoms with Crippen LogP contribution in [0.1, 0.15) is 108 Å². The molecule has 0 heterocycles. The second-order valence-electron chi connectivity index (χ2n) is 9.58. The summed E-state index contributed by atoms with van der Waals surface area (Å²) in [5.74, 6) is 0.445. The SMILES string of the molecule is CC(C)c1cc(C(C)C)c(C(=O)c2ccccc2C(=O)NCc2ccccc2)c(C(C)C)c1. The van der Waals surface area contributed by atoms with E-state index in [-0.39, 0.29) is 23.5 Å². The molecule has 0 aromatic heterocycles. The number of hydrogen-bond donors (Lipinski definition) is 1. The van der Waals surface area contributed by atoms with Gasteiger partial charge in [0.2, 0.25) is 0 Å². The molecule has 0 fully saturated rings. The van der Waals surface area contributed by atoms with E-state index < -0.39 is 0 Å². The van der Waals surface area contributed by atoms with Crippen molar-refractivity contribution >= 4 is 11.7 Å². The highest BCUT2D eigenvalue weighted by molar-refractivity contribution is 6.16. The van der Waals surface area contributed by atoms with Crippen LogP contribution >= 0.6 is 0 Å². The van der Waals surface area contributed by atoms with Gasteiger partial charge in [0.25, 0.3) is 5.91 Å². The Bertz CT molecular complexity index is 1100. The van der Waals surface area contributed by atoms with Crippen molar-refractivity contribution in [2.45, 2.75) is 65.8 Å². The summed E-state index contributed by atoms with van der Waals surface area (Å²) in [6, 6.07) is 21.3. The van der Waals surface area contributed by atoms with Crippen molar-refractivity contribution in [2.24, 2.45) is 0 Å². The number of carbonyl (C=O) groups is 2. The molecule has 3 aromatic carbocycles. The maximum atomic E-state index is 14.0. The van der Waals surface area contributed by atoms with Crippen molar-refractivity contribution in [3.63, 3.8) is 0 Å². The molecule has 33 heavy (non-hydrogen) atoms. The fraction of sp³-hybridized carbons (Fsp3) is 0.333. The number of carbonyl (C=O) groups excluding carboxylic acids is 2. The highest BCUT2D eigenvalue weighted by atomic mass is 16.2. The minimum atomic E-state index is -0.237. The molecule has 3 rings (SSSR count). The second-order valence-corrected chi connectivity index (χ2v) is 9.58. The van der Waals surface area contributed by atoms with Crippen molar-refractivity contribution in [1.29, 1.82) is 0 Å². The Morgan fingerprint density at radius 2 is 1.21 bits per heavy atom. The van der Waals surface area contributed by atoms with Crippen LogP contribution in [0.25, 0.3) is 0 Å². The van der Waals surface area contributed by atoms with Gasteiger partial charge in [-0.25, -0.2) is 0 Å². The first-order valence-corrected chi connectivity index (χ1v) is 11.8. The van der Waals surface area contributed by atoms with Gasteiger partial charge in [0, 0.05) is 17.7 Å². The van der Waals surface area contributed by atoms with Gasteiger partial charge in [-0.3, -0.25) is 9.59 Å². The molecule has 0 bridgehead atoms. The third kappa shape index (κ3) is 5.60. The first kappa shape index (κ1) is 24.4. The van der Waals surface area contributed by atoms with E-state index in [0.29, 0.717) is 23.6 Å². The van der Waals surface area contributed by atoms with E-state index in [1.165, 1.54) is 5.56 Å². The number of rotatable bonds is 8. The van der Waals surface area contributed by atoms with E-state index in [2.05, 4.69) is 59.0 Å². The van der Waals surface area contributed by atoms with Gasteiger partial charge in [0.15, 0.2) is 5.78 Å². The summed E-state index contributed by atoms with van der Waals surface area (Å²) in [4.78, 5) is 27.1. The third-order valence-corrected chi connectivity index (χ3v) is 6.07. The lowest BCUT2D eigenvalue weighted by Gasteiger charge is -2.22. The molecule has 0 unspecified atom stereocenters. The second kappa shape index (κ2) is 10.6. The van der Waals surface area contributed by atoms with Gasteiger partial charge < -0.3 is 5.32 Å². The third-order valence-electron chi connectivity index (χ3n) is 6.07. The zero-order chi connectivity index (χ0) is 24.1. The molecule has 0 aliphatic carbocycles. The summed E-state index contributed by atoms with van der Waals surface area (Å²) in [7, 11) is 0. The van der Waals surface area contributed by atoms with Gasteiger partial charge >= 0.3 is 0 Å². The Balaban J connectivity index is 2.05. The summed E-state index contributed by atoms with van der Waals surface area (Å²) >= 11 is 0. The monoisotopic (exact) mass is 441 g/mol. The quantitative estimate of drug-likeness (QED) is 0.375. The molecule has 0 aliphatic heterocycles. The molecule has 1 amide bonds. The number of benzene rings is 3. The number of amides is 1. The fourth-order valence-electron chi connectivity index (χ4n) is 4.11. The van der Waals surface area contributed by atoms with Crippen molar-refractivity contribution in [3.05, 3.63) is 106 Å². The molecular weight excluding hydrogens is 406 g/mol. The molecule has 172 valence electrons. The summed E-state index contributed by atoms with van der Waals surface area (Å²) in [5, 5.41) is 2.97. The van der Waals surface area contributed by atoms with Gasteiger partial charge in [-0.15, -0.1) is 0 Å². The van der Waals surface area contributed by atoms with Crippen LogP contribution in [0.3, 0.4) is 0 Å². The summed E-state index contributed by atoms with van der Waals surface area (Å²) in [6.07, 6.45) is 0. The average molecular weight is 442 g/mol. The molecule has 3 heteroatoms. The van der Waals surface area contributed by atoms with Gasteiger partial charge in [0.1, 0.15) is 0 Å². The molecule has 3 aromatic rings. The number of hydrogen-bond acceptors (Lipinski definition) is 2. The number of ketones is 1. The lowest BCUT2D eigenvalue weighted by Crippen LogP contribution is -2.25. The first-order chi connectivity index (χ1) is 15.7. The lowest BCUT2D eigenvalue weighted by atomic mass is 9.81. The van der Waals surface area contributed by atoms with Crippen molar-refractivity contribution < 1.29 is 9.59 Å². The molecule has 1 N–H and O–H groups in total. The molecule has 0 saturated heterocycles. The fourth-order valence-corrected chi connectivity index (χ4v) is 4.11. The smallest absolute Gasteiger partial charge is 0.252 e. The standard InChI is InChI=1S/C30H35NO2/c1-19(2)23-16-26(20(3)4)28(27(17-23)21(5)6)29(32)24-14-10-11-15-25(24)30(33)31-18-22-12-8-7-9-13-22/h7-17,19-21H,18H2,1-6H3,(H,31,33). The van der Waals surface area contributed by atoms with Gasteiger partial charge in [-0.05, 0) is 46.1 Å². The molecule has 0 spiro atoms. The van der Waals surface area contributed by atoms with E-state index in [9.17, 15) is 9.59 Å². The first-order valence-electron chi connectivity index (χ1n) is 11.8. The summed E-state index contributed by atoms with van der Waals surface area (Å²) in [6.45, 7) is 13.3. The van der Waals surface area contributed by atoms with E-state index in [1.54, 1.807) is 12.1 Å². The van der Waals surface area contributed by atoms with Crippen LogP contribution in [-0.4, -0.2) is 11.7 Å². The van der Waals surface area contributed by atoms with E-state index in [4.69, 9.17) is 0 Å².